The van der Waals surface area contributed by atoms with Gasteiger partial charge in [0.05, 0.1) is 0 Å². The summed E-state index contributed by atoms with van der Waals surface area (Å²) in [7, 11) is 0. The first-order valence-electron chi connectivity index (χ1n) is 9.87. The van der Waals surface area contributed by atoms with Gasteiger partial charge in [0, 0.05) is 41.7 Å². The Hall–Kier alpha value is -3.44. The molecule has 0 atom stereocenters. The molecule has 0 radical (unpaired) electrons. The minimum Gasteiger partial charge on any atom is -0.477 e. The van der Waals surface area contributed by atoms with Gasteiger partial charge in [-0.2, -0.15) is 0 Å². The lowest BCUT2D eigenvalue weighted by atomic mass is 10.1. The molecule has 0 aliphatic carbocycles. The summed E-state index contributed by atoms with van der Waals surface area (Å²) < 4.78 is 15.8. The van der Waals surface area contributed by atoms with Crippen LogP contribution < -0.4 is 5.32 Å². The molecule has 1 aromatic heterocycles. The summed E-state index contributed by atoms with van der Waals surface area (Å²) in [4.78, 5) is 12.2. The van der Waals surface area contributed by atoms with E-state index in [0.29, 0.717) is 30.8 Å². The highest BCUT2D eigenvalue weighted by molar-refractivity contribution is 5.98. The quantitative estimate of drug-likeness (QED) is 0.451. The maximum absolute atomic E-state index is 13.9. The van der Waals surface area contributed by atoms with Crippen LogP contribution in [0.25, 0.3) is 10.9 Å². The van der Waals surface area contributed by atoms with Crippen molar-refractivity contribution in [2.45, 2.75) is 26.6 Å². The van der Waals surface area contributed by atoms with Crippen molar-refractivity contribution in [3.63, 3.8) is 0 Å². The molecule has 4 nitrogen and oxygen atoms in total. The average molecular weight is 402 g/mol. The smallest absolute Gasteiger partial charge is 0.352 e. The first-order chi connectivity index (χ1) is 14.5. The summed E-state index contributed by atoms with van der Waals surface area (Å²) in [6.07, 6.45) is 0. The van der Waals surface area contributed by atoms with Gasteiger partial charge in [0.15, 0.2) is 0 Å². The molecule has 0 fully saturated rings. The van der Waals surface area contributed by atoms with Crippen molar-refractivity contribution in [1.82, 2.24) is 9.88 Å². The molecule has 2 N–H and O–H groups in total. The number of hydrogen-bond donors (Lipinski definition) is 2. The largest absolute Gasteiger partial charge is 0.477 e. The van der Waals surface area contributed by atoms with E-state index < -0.39 is 5.97 Å². The Morgan fingerprint density at radius 3 is 2.40 bits per heavy atom. The highest BCUT2D eigenvalue weighted by Gasteiger charge is 2.22. The first-order valence-corrected chi connectivity index (χ1v) is 9.87. The Labute approximate surface area is 174 Å². The molecule has 0 saturated carbocycles. The summed E-state index contributed by atoms with van der Waals surface area (Å²) in [5.74, 6) is -1.24. The summed E-state index contributed by atoms with van der Waals surface area (Å²) in [6.45, 7) is 3.15. The molecule has 5 heteroatoms. The van der Waals surface area contributed by atoms with Gasteiger partial charge in [-0.15, -0.1) is 0 Å². The van der Waals surface area contributed by atoms with Gasteiger partial charge in [0.2, 0.25) is 0 Å². The third kappa shape index (κ3) is 3.98. The molecule has 0 spiro atoms. The van der Waals surface area contributed by atoms with Gasteiger partial charge in [-0.3, -0.25) is 0 Å². The van der Waals surface area contributed by atoms with Gasteiger partial charge in [-0.05, 0) is 24.6 Å². The van der Waals surface area contributed by atoms with Gasteiger partial charge in [-0.1, -0.05) is 66.2 Å². The number of benzene rings is 3. The monoisotopic (exact) mass is 402 g/mol. The maximum Gasteiger partial charge on any atom is 0.352 e. The molecule has 3 aromatic carbocycles. The lowest BCUT2D eigenvalue weighted by molar-refractivity contribution is 0.0684. The molecule has 0 bridgehead atoms. The van der Waals surface area contributed by atoms with Gasteiger partial charge in [0.25, 0.3) is 0 Å². The molecule has 0 amide bonds. The Kier molecular flexibility index (Phi) is 5.63. The standard InChI is InChI=1S/C25H23FN2O2/c1-17-10-12-18(13-11-17)16-28-23-9-5-3-7-20(23)21(24(28)25(29)30)15-27-14-19-6-2-4-8-22(19)26/h2-13,27H,14-16H2,1H3,(H,29,30). The molecule has 0 aliphatic heterocycles. The second kappa shape index (κ2) is 8.51. The normalized spacial score (nSPS) is 11.1. The van der Waals surface area contributed by atoms with Crippen molar-refractivity contribution in [1.29, 1.82) is 0 Å². The van der Waals surface area contributed by atoms with Crippen LogP contribution in [0.1, 0.15) is 32.7 Å². The van der Waals surface area contributed by atoms with Crippen LogP contribution in [0.15, 0.2) is 72.8 Å². The number of carbonyl (C=O) groups is 1. The number of aromatic carboxylic acids is 1. The average Bonchev–Trinajstić information content (AvgIpc) is 3.05. The van der Waals surface area contributed by atoms with Crippen molar-refractivity contribution in [3.8, 4) is 0 Å². The fraction of sp³-hybridized carbons (Fsp3) is 0.160. The van der Waals surface area contributed by atoms with E-state index in [9.17, 15) is 14.3 Å². The summed E-state index contributed by atoms with van der Waals surface area (Å²) >= 11 is 0. The molecular formula is C25H23FN2O2. The molecule has 0 saturated heterocycles. The predicted octanol–water partition coefficient (Wildman–Crippen LogP) is 5.13. The zero-order valence-electron chi connectivity index (χ0n) is 16.7. The molecule has 0 aliphatic rings. The molecule has 152 valence electrons. The molecule has 0 unspecified atom stereocenters. The van der Waals surface area contributed by atoms with Crippen molar-refractivity contribution in [2.75, 3.05) is 0 Å². The third-order valence-electron chi connectivity index (χ3n) is 5.31. The lowest BCUT2D eigenvalue weighted by Crippen LogP contribution is -2.17. The molecule has 4 aromatic rings. The number of hydrogen-bond acceptors (Lipinski definition) is 2. The van der Waals surface area contributed by atoms with Crippen LogP contribution in [0, 0.1) is 12.7 Å². The van der Waals surface area contributed by atoms with Crippen LogP contribution in [0.5, 0.6) is 0 Å². The van der Waals surface area contributed by atoms with E-state index in [1.807, 2.05) is 60.0 Å². The number of nitrogens with zero attached hydrogens (tertiary/aromatic N) is 1. The van der Waals surface area contributed by atoms with E-state index in [-0.39, 0.29) is 11.5 Å². The molecule has 1 heterocycles. The minimum absolute atomic E-state index is 0.262. The van der Waals surface area contributed by atoms with E-state index in [1.54, 1.807) is 18.2 Å². The summed E-state index contributed by atoms with van der Waals surface area (Å²) in [5.41, 5.74) is 4.60. The molecular weight excluding hydrogens is 379 g/mol. The maximum atomic E-state index is 13.9. The van der Waals surface area contributed by atoms with Crippen LogP contribution in [-0.2, 0) is 19.6 Å². The highest BCUT2D eigenvalue weighted by atomic mass is 19.1. The van der Waals surface area contributed by atoms with E-state index in [1.165, 1.54) is 6.07 Å². The third-order valence-corrected chi connectivity index (χ3v) is 5.31. The number of aromatic nitrogens is 1. The van der Waals surface area contributed by atoms with Crippen LogP contribution >= 0.6 is 0 Å². The number of nitrogens with one attached hydrogen (secondary N) is 1. The Balaban J connectivity index is 1.70. The molecule has 4 rings (SSSR count). The van der Waals surface area contributed by atoms with E-state index in [4.69, 9.17) is 0 Å². The fourth-order valence-electron chi connectivity index (χ4n) is 3.80. The van der Waals surface area contributed by atoms with E-state index in [2.05, 4.69) is 5.32 Å². The van der Waals surface area contributed by atoms with Crippen molar-refractivity contribution in [3.05, 3.63) is 107 Å². The van der Waals surface area contributed by atoms with Crippen LogP contribution in [0.3, 0.4) is 0 Å². The first kappa shape index (κ1) is 19.9. The topological polar surface area (TPSA) is 54.3 Å². The van der Waals surface area contributed by atoms with Gasteiger partial charge >= 0.3 is 5.97 Å². The number of rotatable bonds is 7. The predicted molar refractivity (Wildman–Crippen MR) is 116 cm³/mol. The fourth-order valence-corrected chi connectivity index (χ4v) is 3.80. The second-order valence-electron chi connectivity index (χ2n) is 7.42. The number of fused-ring (bicyclic) bond motifs is 1. The van der Waals surface area contributed by atoms with Crippen molar-refractivity contribution >= 4 is 16.9 Å². The highest BCUT2D eigenvalue weighted by Crippen LogP contribution is 2.28. The second-order valence-corrected chi connectivity index (χ2v) is 7.42. The van der Waals surface area contributed by atoms with E-state index >= 15 is 0 Å². The zero-order valence-corrected chi connectivity index (χ0v) is 16.7. The lowest BCUT2D eigenvalue weighted by Gasteiger charge is -2.10. The number of halogens is 1. The Morgan fingerprint density at radius 1 is 0.967 bits per heavy atom. The van der Waals surface area contributed by atoms with Crippen LogP contribution in [-0.4, -0.2) is 15.6 Å². The van der Waals surface area contributed by atoms with Crippen molar-refractivity contribution in [2.24, 2.45) is 0 Å². The Bertz CT molecular complexity index is 1200. The van der Waals surface area contributed by atoms with E-state index in [0.717, 1.165) is 22.0 Å². The van der Waals surface area contributed by atoms with Crippen LogP contribution in [0.2, 0.25) is 0 Å². The van der Waals surface area contributed by atoms with Crippen molar-refractivity contribution < 1.29 is 14.3 Å². The number of para-hydroxylation sites is 1. The van der Waals surface area contributed by atoms with Crippen LogP contribution in [0.4, 0.5) is 4.39 Å². The number of aryl methyl sites for hydroxylation is 1. The minimum atomic E-state index is -0.971. The molecule has 30 heavy (non-hydrogen) atoms. The van der Waals surface area contributed by atoms with Gasteiger partial charge in [-0.25, -0.2) is 9.18 Å². The zero-order chi connectivity index (χ0) is 21.1. The van der Waals surface area contributed by atoms with Gasteiger partial charge in [0.1, 0.15) is 11.5 Å². The SMILES string of the molecule is Cc1ccc(Cn2c(C(=O)O)c(CNCc3ccccc3F)c3ccccc32)cc1. The number of carboxylic acid groups (broad SMARTS) is 1. The number of carboxylic acids is 1. The summed E-state index contributed by atoms with van der Waals surface area (Å²) in [5, 5.41) is 14.1. The summed E-state index contributed by atoms with van der Waals surface area (Å²) in [6, 6.07) is 22.4. The van der Waals surface area contributed by atoms with Gasteiger partial charge < -0.3 is 15.0 Å². The Morgan fingerprint density at radius 2 is 1.67 bits per heavy atom.